The quantitative estimate of drug-likeness (QED) is 0.528. The molecule has 1 heterocycles. The number of rotatable bonds is 9. The predicted molar refractivity (Wildman–Crippen MR) is 76.5 cm³/mol. The summed E-state index contributed by atoms with van der Waals surface area (Å²) >= 11 is 0.951. The molecule has 0 fully saturated rings. The van der Waals surface area contributed by atoms with E-state index in [-0.39, 0.29) is 23.8 Å². The Morgan fingerprint density at radius 1 is 1.50 bits per heavy atom. The second-order valence-electron chi connectivity index (χ2n) is 4.20. The average molecular weight is 319 g/mol. The second kappa shape index (κ2) is 7.53. The molecular formula is C12H17NO5S2. The van der Waals surface area contributed by atoms with Gasteiger partial charge in [0.25, 0.3) is 0 Å². The van der Waals surface area contributed by atoms with Crippen LogP contribution in [0.25, 0.3) is 0 Å². The second-order valence-corrected chi connectivity index (χ2v) is 7.36. The molecule has 0 aliphatic heterocycles. The van der Waals surface area contributed by atoms with Gasteiger partial charge in [-0.15, -0.1) is 11.3 Å². The van der Waals surface area contributed by atoms with Crippen molar-refractivity contribution in [2.45, 2.75) is 17.6 Å². The summed E-state index contributed by atoms with van der Waals surface area (Å²) in [6, 6.07) is 2.91. The van der Waals surface area contributed by atoms with Crippen molar-refractivity contribution in [2.24, 2.45) is 0 Å². The van der Waals surface area contributed by atoms with Crippen LogP contribution in [0.2, 0.25) is 0 Å². The number of aliphatic carboxylic acids is 1. The Bertz CT molecular complexity index is 576. The maximum atomic E-state index is 11.9. The Labute approximate surface area is 122 Å². The number of nitrogens with one attached hydrogen (secondary N) is 1. The Balaban J connectivity index is 2.49. The number of sulfonamides is 1. The molecule has 0 unspecified atom stereocenters. The van der Waals surface area contributed by atoms with Crippen molar-refractivity contribution in [2.75, 3.05) is 19.8 Å². The zero-order chi connectivity index (χ0) is 15.2. The van der Waals surface area contributed by atoms with E-state index in [0.29, 0.717) is 11.5 Å². The van der Waals surface area contributed by atoms with E-state index in [1.54, 1.807) is 0 Å². The lowest BCUT2D eigenvalue weighted by Crippen LogP contribution is -2.27. The lowest BCUT2D eigenvalue weighted by Gasteiger charge is -2.05. The molecular weight excluding hydrogens is 302 g/mol. The van der Waals surface area contributed by atoms with Gasteiger partial charge in [0.15, 0.2) is 0 Å². The molecule has 0 radical (unpaired) electrons. The number of hydrogen-bond acceptors (Lipinski definition) is 5. The van der Waals surface area contributed by atoms with E-state index in [9.17, 15) is 13.2 Å². The van der Waals surface area contributed by atoms with Crippen LogP contribution in [0.5, 0.6) is 0 Å². The molecule has 0 bridgehead atoms. The van der Waals surface area contributed by atoms with Crippen molar-refractivity contribution in [3.63, 3.8) is 0 Å². The minimum absolute atomic E-state index is 0.105. The summed E-state index contributed by atoms with van der Waals surface area (Å²) in [5.41, 5.74) is 0.865. The zero-order valence-electron chi connectivity index (χ0n) is 11.1. The molecule has 8 heteroatoms. The Morgan fingerprint density at radius 2 is 2.20 bits per heavy atom. The highest BCUT2D eigenvalue weighted by Gasteiger charge is 2.17. The van der Waals surface area contributed by atoms with Gasteiger partial charge in [-0.25, -0.2) is 13.1 Å². The average Bonchev–Trinajstić information content (AvgIpc) is 2.76. The summed E-state index contributed by atoms with van der Waals surface area (Å²) < 4.78 is 31.5. The van der Waals surface area contributed by atoms with Crippen LogP contribution in [0.15, 0.2) is 28.5 Å². The maximum absolute atomic E-state index is 11.9. The molecule has 6 nitrogen and oxygen atoms in total. The van der Waals surface area contributed by atoms with Gasteiger partial charge < -0.3 is 9.84 Å². The molecule has 0 saturated carbocycles. The van der Waals surface area contributed by atoms with Gasteiger partial charge in [0, 0.05) is 11.4 Å². The van der Waals surface area contributed by atoms with E-state index < -0.39 is 16.0 Å². The summed E-state index contributed by atoms with van der Waals surface area (Å²) in [6.07, 6.45) is -0.179. The van der Waals surface area contributed by atoms with Crippen molar-refractivity contribution in [3.8, 4) is 0 Å². The summed E-state index contributed by atoms with van der Waals surface area (Å²) in [6.45, 7) is 6.28. The van der Waals surface area contributed by atoms with Crippen molar-refractivity contribution in [1.29, 1.82) is 0 Å². The third kappa shape index (κ3) is 5.83. The monoisotopic (exact) mass is 319 g/mol. The van der Waals surface area contributed by atoms with Crippen molar-refractivity contribution >= 4 is 27.3 Å². The zero-order valence-corrected chi connectivity index (χ0v) is 12.7. The van der Waals surface area contributed by atoms with Gasteiger partial charge in [0.2, 0.25) is 10.0 Å². The fraction of sp³-hybridized carbons (Fsp3) is 0.417. The van der Waals surface area contributed by atoms with Crippen LogP contribution in [0.1, 0.15) is 11.8 Å². The number of ether oxygens (including phenoxy) is 1. The summed E-state index contributed by atoms with van der Waals surface area (Å²) in [7, 11) is -3.60. The molecule has 2 N–H and O–H groups in total. The number of thiophene rings is 1. The number of carboxylic acid groups (broad SMARTS) is 1. The molecule has 0 aliphatic carbocycles. The number of carbonyl (C=O) groups is 1. The van der Waals surface area contributed by atoms with Crippen LogP contribution in [0.3, 0.4) is 0 Å². The summed E-state index contributed by atoms with van der Waals surface area (Å²) in [5, 5.41) is 8.64. The lowest BCUT2D eigenvalue weighted by molar-refractivity contribution is -0.136. The minimum atomic E-state index is -3.60. The molecule has 0 saturated heterocycles. The summed E-state index contributed by atoms with van der Waals surface area (Å²) in [4.78, 5) is 11.0. The Morgan fingerprint density at radius 3 is 2.80 bits per heavy atom. The van der Waals surface area contributed by atoms with E-state index in [2.05, 4.69) is 11.3 Å². The van der Waals surface area contributed by atoms with Gasteiger partial charge >= 0.3 is 5.97 Å². The van der Waals surface area contributed by atoms with E-state index in [1.165, 1.54) is 12.1 Å². The largest absolute Gasteiger partial charge is 0.481 e. The Kier molecular flexibility index (Phi) is 6.34. The number of hydrogen-bond donors (Lipinski definition) is 2. The number of carboxylic acids is 1. The van der Waals surface area contributed by atoms with Gasteiger partial charge in [0.1, 0.15) is 4.21 Å². The first-order valence-corrected chi connectivity index (χ1v) is 8.13. The van der Waals surface area contributed by atoms with E-state index in [4.69, 9.17) is 9.84 Å². The SMILES string of the molecule is C=C(C)COCCNS(=O)(=O)c1ccc(CC(=O)O)s1. The predicted octanol–water partition coefficient (Wildman–Crippen LogP) is 1.25. The van der Waals surface area contributed by atoms with Gasteiger partial charge in [-0.1, -0.05) is 12.2 Å². The molecule has 1 aromatic rings. The molecule has 1 rings (SSSR count). The molecule has 0 atom stereocenters. The van der Waals surface area contributed by atoms with Gasteiger partial charge in [-0.05, 0) is 19.1 Å². The van der Waals surface area contributed by atoms with E-state index in [0.717, 1.165) is 16.9 Å². The van der Waals surface area contributed by atoms with Gasteiger partial charge in [-0.3, -0.25) is 4.79 Å². The van der Waals surface area contributed by atoms with Crippen LogP contribution in [-0.2, 0) is 26.0 Å². The van der Waals surface area contributed by atoms with Gasteiger partial charge in [-0.2, -0.15) is 0 Å². The van der Waals surface area contributed by atoms with E-state index in [1.807, 2.05) is 6.92 Å². The normalized spacial score (nSPS) is 11.4. The smallest absolute Gasteiger partial charge is 0.308 e. The van der Waals surface area contributed by atoms with E-state index >= 15 is 0 Å². The van der Waals surface area contributed by atoms with Crippen LogP contribution >= 0.6 is 11.3 Å². The van der Waals surface area contributed by atoms with Crippen molar-refractivity contribution in [1.82, 2.24) is 4.72 Å². The molecule has 20 heavy (non-hydrogen) atoms. The molecule has 0 aromatic carbocycles. The van der Waals surface area contributed by atoms with Crippen LogP contribution in [0.4, 0.5) is 0 Å². The molecule has 0 amide bonds. The molecule has 1 aromatic heterocycles. The third-order valence-corrected chi connectivity index (χ3v) is 5.15. The highest BCUT2D eigenvalue weighted by molar-refractivity contribution is 7.91. The summed E-state index contributed by atoms with van der Waals surface area (Å²) in [5.74, 6) is -0.989. The first-order valence-electron chi connectivity index (χ1n) is 5.83. The topological polar surface area (TPSA) is 92.7 Å². The van der Waals surface area contributed by atoms with Crippen molar-refractivity contribution in [3.05, 3.63) is 29.2 Å². The van der Waals surface area contributed by atoms with Crippen molar-refractivity contribution < 1.29 is 23.1 Å². The highest BCUT2D eigenvalue weighted by Crippen LogP contribution is 2.21. The first-order chi connectivity index (χ1) is 9.31. The minimum Gasteiger partial charge on any atom is -0.481 e. The standard InChI is InChI=1S/C12H17NO5S2/c1-9(2)8-18-6-5-13-20(16,17)12-4-3-10(19-12)7-11(14)15/h3-4,13H,1,5-8H2,2H3,(H,14,15). The first kappa shape index (κ1) is 16.8. The Hall–Kier alpha value is -1.22. The molecule has 112 valence electrons. The van der Waals surface area contributed by atoms with Crippen LogP contribution in [0, 0.1) is 0 Å². The maximum Gasteiger partial charge on any atom is 0.308 e. The fourth-order valence-electron chi connectivity index (χ4n) is 1.31. The van der Waals surface area contributed by atoms with Crippen LogP contribution in [-0.4, -0.2) is 39.3 Å². The fourth-order valence-corrected chi connectivity index (χ4v) is 3.72. The molecule has 0 spiro atoms. The lowest BCUT2D eigenvalue weighted by atomic mass is 10.3. The molecule has 0 aliphatic rings. The third-order valence-electron chi connectivity index (χ3n) is 2.11. The van der Waals surface area contributed by atoms with Gasteiger partial charge in [0.05, 0.1) is 19.6 Å². The highest BCUT2D eigenvalue weighted by atomic mass is 32.2. The van der Waals surface area contributed by atoms with Crippen LogP contribution < -0.4 is 4.72 Å².